The largest absolute Gasteiger partial charge is 0.534 e. The van der Waals surface area contributed by atoms with Gasteiger partial charge in [0.25, 0.3) is 0 Å². The number of hydrogen-bond acceptors (Lipinski definition) is 5. The number of allylic oxidation sites excluding steroid dienone is 1. The summed E-state index contributed by atoms with van der Waals surface area (Å²) in [6.07, 6.45) is -10.7. The van der Waals surface area contributed by atoms with E-state index in [1.54, 1.807) is 0 Å². The number of benzene rings is 1. The molecule has 0 heterocycles. The van der Waals surface area contributed by atoms with Crippen molar-refractivity contribution in [3.05, 3.63) is 41.0 Å². The van der Waals surface area contributed by atoms with Crippen LogP contribution in [0.15, 0.2) is 29.8 Å². The van der Waals surface area contributed by atoms with Gasteiger partial charge in [-0.05, 0) is 25.5 Å². The third-order valence-corrected chi connectivity index (χ3v) is 6.17. The van der Waals surface area contributed by atoms with Gasteiger partial charge in [-0.3, -0.25) is 0 Å². The van der Waals surface area contributed by atoms with Gasteiger partial charge in [-0.2, -0.15) is 78.7 Å². The molecule has 0 spiro atoms. The Kier molecular flexibility index (Phi) is 10.5. The van der Waals surface area contributed by atoms with Crippen LogP contribution in [0.2, 0.25) is 0 Å². The third-order valence-electron chi connectivity index (χ3n) is 5.22. The number of carbonyl (C=O) groups is 1. The first-order valence-electron chi connectivity index (χ1n) is 11.0. The molecule has 1 rings (SSSR count). The van der Waals surface area contributed by atoms with Crippen LogP contribution in [-0.4, -0.2) is 62.3 Å². The predicted octanol–water partition coefficient (Wildman–Crippen LogP) is 7.98. The van der Waals surface area contributed by atoms with E-state index in [0.29, 0.717) is 19.1 Å². The molecule has 0 bridgehead atoms. The Morgan fingerprint density at radius 2 is 1.09 bits per heavy atom. The molecule has 0 aliphatic heterocycles. The monoisotopic (exact) mass is 684 g/mol. The van der Waals surface area contributed by atoms with Gasteiger partial charge >= 0.3 is 57.4 Å². The third kappa shape index (κ3) is 6.61. The summed E-state index contributed by atoms with van der Waals surface area (Å²) in [7, 11) is -7.19. The van der Waals surface area contributed by atoms with Crippen LogP contribution < -0.4 is 0 Å². The maximum atomic E-state index is 15.1. The lowest BCUT2D eigenvalue weighted by atomic mass is 9.87. The van der Waals surface area contributed by atoms with Crippen molar-refractivity contribution in [1.82, 2.24) is 0 Å². The highest BCUT2D eigenvalue weighted by molar-refractivity contribution is 7.87. The van der Waals surface area contributed by atoms with E-state index in [0.717, 1.165) is 0 Å². The molecule has 1 aromatic rings. The normalized spacial score (nSPS) is 15.2. The summed E-state index contributed by atoms with van der Waals surface area (Å²) in [4.78, 5) is 11.7. The second kappa shape index (κ2) is 11.9. The molecule has 1 aromatic carbocycles. The highest BCUT2D eigenvalue weighted by Crippen LogP contribution is 2.62. The molecule has 22 heteroatoms. The molecule has 0 aromatic heterocycles. The Morgan fingerprint density at radius 1 is 0.674 bits per heavy atom. The lowest BCUT2D eigenvalue weighted by Crippen LogP contribution is -2.70. The number of esters is 1. The lowest BCUT2D eigenvalue weighted by Gasteiger charge is -2.40. The average molecular weight is 684 g/mol. The second-order valence-corrected chi connectivity index (χ2v) is 9.75. The fourth-order valence-corrected chi connectivity index (χ4v) is 3.53. The maximum absolute atomic E-state index is 15.1. The van der Waals surface area contributed by atoms with Crippen LogP contribution in [0, 0.1) is 0 Å². The first-order valence-corrected chi connectivity index (χ1v) is 12.4. The Morgan fingerprint density at radius 3 is 1.47 bits per heavy atom. The fourth-order valence-electron chi connectivity index (χ4n) is 3.02. The number of halogens is 16. The van der Waals surface area contributed by atoms with Crippen LogP contribution >= 0.6 is 0 Å². The molecule has 0 atom stereocenters. The predicted molar refractivity (Wildman–Crippen MR) is 111 cm³/mol. The molecule has 0 radical (unpaired) electrons. The Balaban J connectivity index is 4.17. The Bertz CT molecular complexity index is 1300. The topological polar surface area (TPSA) is 69.7 Å². The van der Waals surface area contributed by atoms with E-state index in [4.69, 9.17) is 0 Å². The van der Waals surface area contributed by atoms with Gasteiger partial charge in [0.2, 0.25) is 0 Å². The van der Waals surface area contributed by atoms with Crippen LogP contribution in [0.1, 0.15) is 42.6 Å². The van der Waals surface area contributed by atoms with E-state index in [2.05, 4.69) is 8.92 Å². The van der Waals surface area contributed by atoms with Gasteiger partial charge < -0.3 is 8.92 Å². The standard InChI is InChI=1S/C21H16F16O5S/c1-3-5-12(15(22,23)16(24,25)17(26,27)18(28,29)19(30,31)20(32,33)34)13(42-43(39,40)21(35,36)37)10-6-8-11(9-7-10)14(38)41-4-2/h6-9H,3-5H2,1-2H3/b13-12+. The van der Waals surface area contributed by atoms with Crippen molar-refractivity contribution >= 4 is 21.8 Å². The van der Waals surface area contributed by atoms with Crippen LogP contribution in [0.5, 0.6) is 0 Å². The molecule has 0 N–H and O–H groups in total. The number of hydrogen-bond donors (Lipinski definition) is 0. The zero-order valence-corrected chi connectivity index (χ0v) is 21.7. The molecule has 0 amide bonds. The van der Waals surface area contributed by atoms with E-state index in [1.807, 2.05) is 0 Å². The molecule has 0 fully saturated rings. The molecular weight excluding hydrogens is 668 g/mol. The van der Waals surface area contributed by atoms with Gasteiger partial charge in [0.15, 0.2) is 5.76 Å². The van der Waals surface area contributed by atoms with Gasteiger partial charge in [0, 0.05) is 11.1 Å². The van der Waals surface area contributed by atoms with Crippen molar-refractivity contribution in [1.29, 1.82) is 0 Å². The number of alkyl halides is 16. The van der Waals surface area contributed by atoms with E-state index in [-0.39, 0.29) is 18.7 Å². The van der Waals surface area contributed by atoms with Gasteiger partial charge in [0.1, 0.15) is 0 Å². The lowest BCUT2D eigenvalue weighted by molar-refractivity contribution is -0.437. The quantitative estimate of drug-likeness (QED) is 0.0735. The van der Waals surface area contributed by atoms with Crippen LogP contribution in [0.25, 0.3) is 5.76 Å². The molecule has 0 saturated carbocycles. The molecule has 0 aliphatic carbocycles. The Hall–Kier alpha value is -2.94. The highest BCUT2D eigenvalue weighted by Gasteiger charge is 2.91. The van der Waals surface area contributed by atoms with Crippen molar-refractivity contribution < 1.29 is 92.4 Å². The minimum atomic E-state index is -8.33. The summed E-state index contributed by atoms with van der Waals surface area (Å²) in [6, 6.07) is 1.40. The fraction of sp³-hybridized carbons (Fsp3) is 0.571. The van der Waals surface area contributed by atoms with E-state index in [9.17, 15) is 74.7 Å². The van der Waals surface area contributed by atoms with E-state index < -0.39 is 92.7 Å². The maximum Gasteiger partial charge on any atom is 0.534 e. The summed E-state index contributed by atoms with van der Waals surface area (Å²) >= 11 is 0. The minimum Gasteiger partial charge on any atom is -0.462 e. The Labute approximate surface area is 230 Å². The number of carbonyl (C=O) groups excluding carboxylic acids is 1. The highest BCUT2D eigenvalue weighted by atomic mass is 32.2. The molecule has 5 nitrogen and oxygen atoms in total. The summed E-state index contributed by atoms with van der Waals surface area (Å²) in [5, 5.41) is 0. The van der Waals surface area contributed by atoms with Crippen LogP contribution in [0.4, 0.5) is 70.2 Å². The van der Waals surface area contributed by atoms with Gasteiger partial charge in [-0.1, -0.05) is 25.5 Å². The van der Waals surface area contributed by atoms with E-state index >= 15 is 8.78 Å². The van der Waals surface area contributed by atoms with Crippen LogP contribution in [-0.2, 0) is 19.0 Å². The van der Waals surface area contributed by atoms with Gasteiger partial charge in [-0.15, -0.1) is 0 Å². The second-order valence-electron chi connectivity index (χ2n) is 8.21. The van der Waals surface area contributed by atoms with E-state index in [1.165, 1.54) is 6.92 Å². The van der Waals surface area contributed by atoms with Crippen molar-refractivity contribution in [2.75, 3.05) is 6.61 Å². The SMILES string of the molecule is CCC/C(=C(\OS(=O)(=O)C(F)(F)F)c1ccc(C(=O)OCC)cc1)C(F)(F)C(F)(F)C(F)(F)C(F)(F)C(F)(F)C(F)(F)F. The summed E-state index contributed by atoms with van der Waals surface area (Å²) in [5.74, 6) is -43.7. The molecule has 0 unspecified atom stereocenters. The number of ether oxygens (including phenoxy) is 1. The van der Waals surface area contributed by atoms with Crippen molar-refractivity contribution in [2.45, 2.75) is 68.0 Å². The first kappa shape index (κ1) is 38.1. The summed E-state index contributed by atoms with van der Waals surface area (Å²) < 4.78 is 249. The number of rotatable bonds is 12. The zero-order chi connectivity index (χ0) is 34.3. The molecular formula is C21H16F16O5S. The van der Waals surface area contributed by atoms with Crippen molar-refractivity contribution in [3.8, 4) is 0 Å². The van der Waals surface area contributed by atoms with Crippen molar-refractivity contribution in [2.24, 2.45) is 0 Å². The summed E-state index contributed by atoms with van der Waals surface area (Å²) in [6.45, 7) is 1.71. The van der Waals surface area contributed by atoms with Gasteiger partial charge in [0.05, 0.1) is 12.2 Å². The smallest absolute Gasteiger partial charge is 0.462 e. The minimum absolute atomic E-state index is 0.224. The van der Waals surface area contributed by atoms with Crippen molar-refractivity contribution in [3.63, 3.8) is 0 Å². The first-order chi connectivity index (χ1) is 19.0. The average Bonchev–Trinajstić information content (AvgIpc) is 2.84. The van der Waals surface area contributed by atoms with Gasteiger partial charge in [-0.25, -0.2) is 4.79 Å². The molecule has 248 valence electrons. The molecule has 0 aliphatic rings. The molecule has 43 heavy (non-hydrogen) atoms. The summed E-state index contributed by atoms with van der Waals surface area (Å²) in [5.41, 5.74) is -11.5. The van der Waals surface area contributed by atoms with Crippen LogP contribution in [0.3, 0.4) is 0 Å². The molecule has 0 saturated heterocycles. The zero-order valence-electron chi connectivity index (χ0n) is 20.9.